The monoisotopic (exact) mass is 976 g/mol. The van der Waals surface area contributed by atoms with Crippen LogP contribution >= 0.6 is 11.3 Å². The van der Waals surface area contributed by atoms with Crippen molar-refractivity contribution >= 4 is 46.8 Å². The Balaban J connectivity index is 0.826. The van der Waals surface area contributed by atoms with Crippen LogP contribution in [-0.2, 0) is 32.1 Å². The average Bonchev–Trinajstić information content (AvgIpc) is 4.16. The molecule has 370 valence electrons. The fourth-order valence-corrected chi connectivity index (χ4v) is 9.34. The van der Waals surface area contributed by atoms with Crippen LogP contribution in [0.15, 0.2) is 76.8 Å². The maximum absolute atomic E-state index is 14.0. The van der Waals surface area contributed by atoms with Crippen LogP contribution in [0.25, 0.3) is 21.8 Å². The van der Waals surface area contributed by atoms with E-state index in [1.807, 2.05) is 58.0 Å². The van der Waals surface area contributed by atoms with Gasteiger partial charge in [0.1, 0.15) is 23.6 Å². The van der Waals surface area contributed by atoms with Crippen molar-refractivity contribution in [3.63, 3.8) is 0 Å². The van der Waals surface area contributed by atoms with E-state index in [4.69, 9.17) is 9.26 Å². The summed E-state index contributed by atoms with van der Waals surface area (Å²) in [7, 11) is 3.17. The Morgan fingerprint density at radius 1 is 0.957 bits per heavy atom. The van der Waals surface area contributed by atoms with E-state index in [-0.39, 0.29) is 85.0 Å². The number of aryl methyl sites for hydroxylation is 2. The molecule has 0 radical (unpaired) electrons. The highest BCUT2D eigenvalue weighted by molar-refractivity contribution is 7.13. The van der Waals surface area contributed by atoms with E-state index in [0.717, 1.165) is 39.2 Å². The third-order valence-corrected chi connectivity index (χ3v) is 13.4. The van der Waals surface area contributed by atoms with Crippen LogP contribution in [0.3, 0.4) is 0 Å². The summed E-state index contributed by atoms with van der Waals surface area (Å²) in [6.45, 7) is 7.70. The summed E-state index contributed by atoms with van der Waals surface area (Å²) in [4.78, 5) is 87.1. The number of hydrogen-bond donors (Lipinski definition) is 6. The van der Waals surface area contributed by atoms with Crippen LogP contribution < -0.4 is 26.0 Å². The average molecular weight is 977 g/mol. The number of nitrogens with zero attached hydrogens (tertiary/aromatic N) is 4. The molecule has 4 atom stereocenters. The van der Waals surface area contributed by atoms with Gasteiger partial charge < -0.3 is 50.5 Å². The number of phenolic OH excluding ortho intramolecular Hbond substituents is 1. The molecule has 1 saturated heterocycles. The van der Waals surface area contributed by atoms with Gasteiger partial charge in [-0.1, -0.05) is 62.3 Å². The molecule has 2 aliphatic rings. The Labute approximate surface area is 410 Å². The molecule has 1 fully saturated rings. The Morgan fingerprint density at radius 2 is 1.71 bits per heavy atom. The largest absolute Gasteiger partial charge is 0.507 e. The fourth-order valence-electron chi connectivity index (χ4n) is 8.53. The highest BCUT2D eigenvalue weighted by atomic mass is 32.1. The molecule has 70 heavy (non-hydrogen) atoms. The van der Waals surface area contributed by atoms with Crippen molar-refractivity contribution in [1.29, 1.82) is 0 Å². The number of rotatable bonds is 18. The van der Waals surface area contributed by atoms with Gasteiger partial charge in [0.25, 0.3) is 17.7 Å². The van der Waals surface area contributed by atoms with Crippen molar-refractivity contribution in [2.45, 2.75) is 97.0 Å². The molecule has 6 amide bonds. The van der Waals surface area contributed by atoms with E-state index in [1.165, 1.54) is 28.0 Å². The quantitative estimate of drug-likeness (QED) is 0.0631. The molecular weight excluding hydrogens is 917 g/mol. The Hall–Kier alpha value is -7.12. The van der Waals surface area contributed by atoms with Gasteiger partial charge in [-0.05, 0) is 84.5 Å². The standard InChI is InChI=1S/C51H60N8O10S/c1-29-45(70-28-54-29)32-12-10-30(11-13-32)25-53-48(65)40-22-34(60)26-59(40)50(67)46(51(2,3)4)56-43(62)9-7-8-20-52-44(63)27-68-35-17-14-31-16-19-38(37(31)23-35)55-47(64)39-24-42(69-57-39)33-15-18-36(41(61)21-33)49(66)58(5)6/h10-15,17-18,21,23-24,28,34,38,40,46,60-61H,7-9,16,19-20,22,25-27H2,1-6H3,(H,52,63)(H,53,65)(H,55,64)(H,56,62)/t34-,38-,40+,46-/m1/s1. The number of hydrogen-bond acceptors (Lipinski definition) is 13. The molecule has 0 unspecified atom stereocenters. The van der Waals surface area contributed by atoms with Crippen molar-refractivity contribution in [3.8, 4) is 33.3 Å². The summed E-state index contributed by atoms with van der Waals surface area (Å²) >= 11 is 1.56. The van der Waals surface area contributed by atoms with Crippen molar-refractivity contribution in [1.82, 2.24) is 41.2 Å². The number of aliphatic hydroxyl groups is 1. The Bertz CT molecular complexity index is 2730. The van der Waals surface area contributed by atoms with Gasteiger partial charge in [0.15, 0.2) is 18.1 Å². The predicted molar refractivity (Wildman–Crippen MR) is 261 cm³/mol. The van der Waals surface area contributed by atoms with Gasteiger partial charge in [-0.2, -0.15) is 0 Å². The van der Waals surface area contributed by atoms with Crippen molar-refractivity contribution < 1.29 is 48.2 Å². The number of aliphatic hydroxyl groups excluding tert-OH is 1. The summed E-state index contributed by atoms with van der Waals surface area (Å²) in [5.41, 5.74) is 6.47. The lowest BCUT2D eigenvalue weighted by molar-refractivity contribution is -0.144. The molecule has 18 nitrogen and oxygen atoms in total. The molecule has 2 aromatic heterocycles. The number of unbranched alkanes of at least 4 members (excludes halogenated alkanes) is 1. The third kappa shape index (κ3) is 12.4. The van der Waals surface area contributed by atoms with Crippen LogP contribution in [0.1, 0.15) is 102 Å². The first-order valence-electron chi connectivity index (χ1n) is 23.3. The molecular formula is C51H60N8O10S. The number of carbonyl (C=O) groups excluding carboxylic acids is 6. The number of nitrogens with one attached hydrogen (secondary N) is 4. The molecule has 0 spiro atoms. The van der Waals surface area contributed by atoms with Crippen LogP contribution in [0, 0.1) is 12.3 Å². The number of thiazole rings is 1. The van der Waals surface area contributed by atoms with Gasteiger partial charge in [-0.15, -0.1) is 11.3 Å². The number of ether oxygens (including phenoxy) is 1. The van der Waals surface area contributed by atoms with Gasteiger partial charge >= 0.3 is 0 Å². The summed E-state index contributed by atoms with van der Waals surface area (Å²) in [6.07, 6.45) is 1.58. The number of likely N-dealkylation sites (tertiary alicyclic amines) is 1. The molecule has 1 aliphatic carbocycles. The van der Waals surface area contributed by atoms with Gasteiger partial charge in [-0.3, -0.25) is 28.8 Å². The first kappa shape index (κ1) is 50.7. The molecule has 3 aromatic carbocycles. The zero-order valence-corrected chi connectivity index (χ0v) is 41.0. The predicted octanol–water partition coefficient (Wildman–Crippen LogP) is 5.07. The van der Waals surface area contributed by atoms with E-state index in [1.54, 1.807) is 49.1 Å². The maximum Gasteiger partial charge on any atom is 0.273 e. The van der Waals surface area contributed by atoms with Gasteiger partial charge in [0.05, 0.1) is 33.8 Å². The van der Waals surface area contributed by atoms with Gasteiger partial charge in [-0.25, -0.2) is 4.98 Å². The second-order valence-electron chi connectivity index (χ2n) is 19.0. The molecule has 0 saturated carbocycles. The zero-order valence-electron chi connectivity index (χ0n) is 40.2. The summed E-state index contributed by atoms with van der Waals surface area (Å²) in [5.74, 6) is -1.88. The van der Waals surface area contributed by atoms with E-state index in [0.29, 0.717) is 37.1 Å². The number of β-amino-alcohol motifs (C(OH)–C–C–N with tert-alkyl or cyclic N) is 1. The molecule has 7 rings (SSSR count). The topological polar surface area (TPSA) is 246 Å². The number of aromatic nitrogens is 2. The van der Waals surface area contributed by atoms with Crippen molar-refractivity contribution in [2.75, 3.05) is 33.8 Å². The molecule has 1 aliphatic heterocycles. The number of aromatic hydroxyl groups is 1. The van der Waals surface area contributed by atoms with Crippen LogP contribution in [0.4, 0.5) is 0 Å². The minimum Gasteiger partial charge on any atom is -0.507 e. The van der Waals surface area contributed by atoms with E-state index in [2.05, 4.69) is 31.4 Å². The molecule has 3 heterocycles. The van der Waals surface area contributed by atoms with Gasteiger partial charge in [0, 0.05) is 58.2 Å². The smallest absolute Gasteiger partial charge is 0.273 e. The van der Waals surface area contributed by atoms with Crippen LogP contribution in [-0.4, -0.2) is 118 Å². The van der Waals surface area contributed by atoms with Crippen LogP contribution in [0.2, 0.25) is 0 Å². The fraction of sp³-hybridized carbons (Fsp3) is 0.412. The second-order valence-corrected chi connectivity index (χ2v) is 19.8. The Morgan fingerprint density at radius 3 is 2.41 bits per heavy atom. The summed E-state index contributed by atoms with van der Waals surface area (Å²) < 4.78 is 11.2. The molecule has 6 N–H and O–H groups in total. The van der Waals surface area contributed by atoms with Gasteiger partial charge in [0.2, 0.25) is 17.7 Å². The van der Waals surface area contributed by atoms with E-state index >= 15 is 0 Å². The highest BCUT2D eigenvalue weighted by Crippen LogP contribution is 2.35. The first-order chi connectivity index (χ1) is 33.4. The minimum atomic E-state index is -0.956. The molecule has 0 bridgehead atoms. The number of amides is 6. The second kappa shape index (κ2) is 22.1. The molecule has 5 aromatic rings. The number of carbonyl (C=O) groups is 6. The van der Waals surface area contributed by atoms with E-state index in [9.17, 15) is 39.0 Å². The van der Waals surface area contributed by atoms with Crippen molar-refractivity contribution in [3.05, 3.63) is 106 Å². The summed E-state index contributed by atoms with van der Waals surface area (Å²) in [5, 5.41) is 36.5. The highest BCUT2D eigenvalue weighted by Gasteiger charge is 2.44. The maximum atomic E-state index is 14.0. The normalized spacial score (nSPS) is 16.8. The lowest BCUT2D eigenvalue weighted by atomic mass is 9.85. The molecule has 19 heteroatoms. The number of fused-ring (bicyclic) bond motifs is 1. The Kier molecular flexibility index (Phi) is 16.0. The lowest BCUT2D eigenvalue weighted by Gasteiger charge is -2.35. The SMILES string of the molecule is Cc1ncsc1-c1ccc(CNC(=O)[C@@H]2C[C@@H](O)CN2C(=O)[C@@H](NC(=O)CCCCNC(=O)COc2ccc3c(c2)[C@H](NC(=O)c2cc(-c4ccc(C(=O)N(C)C)c(O)c4)on2)CC3)C(C)(C)C)cc1. The van der Waals surface area contributed by atoms with Crippen LogP contribution in [0.5, 0.6) is 11.5 Å². The zero-order chi connectivity index (χ0) is 50.3. The number of phenols is 1. The minimum absolute atomic E-state index is 0.0294. The first-order valence-corrected chi connectivity index (χ1v) is 24.1. The lowest BCUT2D eigenvalue weighted by Crippen LogP contribution is -2.57. The van der Waals surface area contributed by atoms with Crippen molar-refractivity contribution in [2.24, 2.45) is 5.41 Å². The van der Waals surface area contributed by atoms with E-state index < -0.39 is 35.4 Å². The third-order valence-electron chi connectivity index (χ3n) is 12.4. The number of benzene rings is 3. The summed E-state index contributed by atoms with van der Waals surface area (Å²) in [6, 6.07) is 17.0.